The zero-order valence-corrected chi connectivity index (χ0v) is 17.5. The van der Waals surface area contributed by atoms with E-state index in [2.05, 4.69) is 5.32 Å². The van der Waals surface area contributed by atoms with Crippen molar-refractivity contribution in [1.29, 1.82) is 0 Å². The summed E-state index contributed by atoms with van der Waals surface area (Å²) in [6.45, 7) is 8.19. The Bertz CT molecular complexity index is 838. The number of likely N-dealkylation sites (N-methyl/N-ethyl adjacent to an activating group) is 1. The Labute approximate surface area is 171 Å². The molecule has 1 N–H and O–H groups in total. The number of hydrogen-bond donors (Lipinski definition) is 1. The molecule has 0 bridgehead atoms. The molecule has 0 aliphatic rings. The third kappa shape index (κ3) is 5.99. The van der Waals surface area contributed by atoms with Crippen molar-refractivity contribution in [3.8, 4) is 5.75 Å². The molecule has 0 aromatic heterocycles. The van der Waals surface area contributed by atoms with Crippen LogP contribution < -0.4 is 10.1 Å². The molecule has 0 unspecified atom stereocenters. The third-order valence-electron chi connectivity index (χ3n) is 4.60. The molecular weight excluding hydrogens is 376 g/mol. The molecule has 0 fully saturated rings. The van der Waals surface area contributed by atoms with E-state index in [0.29, 0.717) is 17.3 Å². The van der Waals surface area contributed by atoms with Crippen LogP contribution in [0.15, 0.2) is 42.5 Å². The number of rotatable bonds is 8. The molecule has 6 heteroatoms. The highest BCUT2D eigenvalue weighted by molar-refractivity contribution is 6.30. The molecule has 0 spiro atoms. The van der Waals surface area contributed by atoms with Crippen LogP contribution in [0.2, 0.25) is 5.02 Å². The highest BCUT2D eigenvalue weighted by Gasteiger charge is 2.26. The number of halogens is 1. The Morgan fingerprint density at radius 1 is 1.14 bits per heavy atom. The van der Waals surface area contributed by atoms with Gasteiger partial charge in [0.25, 0.3) is 5.91 Å². The average molecular weight is 403 g/mol. The summed E-state index contributed by atoms with van der Waals surface area (Å²) in [4.78, 5) is 26.7. The lowest BCUT2D eigenvalue weighted by Crippen LogP contribution is -2.49. The van der Waals surface area contributed by atoms with E-state index in [1.165, 1.54) is 4.90 Å². The predicted octanol–water partition coefficient (Wildman–Crippen LogP) is 3.89. The number of nitrogens with zero attached hydrogens (tertiary/aromatic N) is 1. The number of carbonyl (C=O) groups excluding carboxylic acids is 2. The van der Waals surface area contributed by atoms with Crippen molar-refractivity contribution in [3.05, 3.63) is 64.2 Å². The fourth-order valence-corrected chi connectivity index (χ4v) is 2.98. The number of nitrogens with one attached hydrogen (secondary N) is 1. The molecule has 1 atom stereocenters. The minimum absolute atomic E-state index is 0.146. The van der Waals surface area contributed by atoms with Crippen LogP contribution in [0.1, 0.15) is 30.5 Å². The van der Waals surface area contributed by atoms with Crippen LogP contribution in [0.4, 0.5) is 0 Å². The molecule has 0 aliphatic heterocycles. The van der Waals surface area contributed by atoms with Crippen LogP contribution in [0.5, 0.6) is 5.75 Å². The average Bonchev–Trinajstić information content (AvgIpc) is 2.66. The van der Waals surface area contributed by atoms with E-state index in [9.17, 15) is 9.59 Å². The highest BCUT2D eigenvalue weighted by Crippen LogP contribution is 2.18. The quantitative estimate of drug-likeness (QED) is 0.728. The lowest BCUT2D eigenvalue weighted by Gasteiger charge is -2.28. The Morgan fingerprint density at radius 3 is 2.54 bits per heavy atom. The third-order valence-corrected chi connectivity index (χ3v) is 4.84. The summed E-state index contributed by atoms with van der Waals surface area (Å²) in [6.07, 6.45) is 0. The summed E-state index contributed by atoms with van der Waals surface area (Å²) in [7, 11) is 0. The van der Waals surface area contributed by atoms with Crippen LogP contribution in [0.3, 0.4) is 0 Å². The van der Waals surface area contributed by atoms with Crippen molar-refractivity contribution in [2.24, 2.45) is 0 Å². The first kappa shape index (κ1) is 21.8. The van der Waals surface area contributed by atoms with Crippen LogP contribution >= 0.6 is 11.6 Å². The normalized spacial score (nSPS) is 11.6. The van der Waals surface area contributed by atoms with E-state index < -0.39 is 6.04 Å². The fraction of sp³-hybridized carbons (Fsp3) is 0.364. The van der Waals surface area contributed by atoms with Gasteiger partial charge < -0.3 is 15.0 Å². The van der Waals surface area contributed by atoms with E-state index in [-0.39, 0.29) is 25.0 Å². The van der Waals surface area contributed by atoms with Crippen molar-refractivity contribution in [2.45, 2.75) is 40.3 Å². The molecule has 150 valence electrons. The summed E-state index contributed by atoms with van der Waals surface area (Å²) < 4.78 is 5.69. The topological polar surface area (TPSA) is 58.6 Å². The minimum Gasteiger partial charge on any atom is -0.484 e. The minimum atomic E-state index is -0.630. The van der Waals surface area contributed by atoms with E-state index in [4.69, 9.17) is 16.3 Å². The van der Waals surface area contributed by atoms with Gasteiger partial charge in [-0.1, -0.05) is 29.8 Å². The fourth-order valence-electron chi connectivity index (χ4n) is 2.77. The monoisotopic (exact) mass is 402 g/mol. The lowest BCUT2D eigenvalue weighted by molar-refractivity contribution is -0.142. The summed E-state index contributed by atoms with van der Waals surface area (Å²) >= 11 is 6.06. The molecular formula is C22H27ClN2O3. The highest BCUT2D eigenvalue weighted by atomic mass is 35.5. The van der Waals surface area contributed by atoms with Gasteiger partial charge in [-0.3, -0.25) is 9.59 Å². The van der Waals surface area contributed by atoms with Gasteiger partial charge in [0.1, 0.15) is 11.8 Å². The Balaban J connectivity index is 2.15. The van der Waals surface area contributed by atoms with E-state index in [1.807, 2.05) is 51.1 Å². The summed E-state index contributed by atoms with van der Waals surface area (Å²) in [5.74, 6) is 0.158. The maximum absolute atomic E-state index is 12.9. The van der Waals surface area contributed by atoms with Crippen LogP contribution in [0, 0.1) is 13.8 Å². The van der Waals surface area contributed by atoms with Crippen LogP contribution in [-0.4, -0.2) is 35.9 Å². The van der Waals surface area contributed by atoms with E-state index in [0.717, 1.165) is 16.7 Å². The van der Waals surface area contributed by atoms with Crippen molar-refractivity contribution in [2.75, 3.05) is 13.2 Å². The number of aryl methyl sites for hydroxylation is 2. The van der Waals surface area contributed by atoms with Gasteiger partial charge in [0, 0.05) is 18.1 Å². The number of amides is 2. The van der Waals surface area contributed by atoms with Gasteiger partial charge in [0.05, 0.1) is 0 Å². The Hall–Kier alpha value is -2.53. The molecule has 2 aromatic carbocycles. The molecule has 2 aromatic rings. The summed E-state index contributed by atoms with van der Waals surface area (Å²) in [5, 5.41) is 3.35. The van der Waals surface area contributed by atoms with Crippen molar-refractivity contribution < 1.29 is 14.3 Å². The SMILES string of the molecule is CCNC(=O)[C@@H](C)N(Cc1cccc(Cl)c1)C(=O)COc1ccc(C)c(C)c1. The first-order valence-corrected chi connectivity index (χ1v) is 9.71. The van der Waals surface area contributed by atoms with Crippen molar-refractivity contribution in [3.63, 3.8) is 0 Å². The predicted molar refractivity (Wildman–Crippen MR) is 112 cm³/mol. The van der Waals surface area contributed by atoms with Gasteiger partial charge in [-0.25, -0.2) is 0 Å². The van der Waals surface area contributed by atoms with E-state index >= 15 is 0 Å². The first-order chi connectivity index (χ1) is 13.3. The summed E-state index contributed by atoms with van der Waals surface area (Å²) in [5.41, 5.74) is 3.10. The zero-order valence-electron chi connectivity index (χ0n) is 16.8. The number of carbonyl (C=O) groups is 2. The molecule has 0 radical (unpaired) electrons. The molecule has 2 amide bonds. The molecule has 0 saturated heterocycles. The molecule has 2 rings (SSSR count). The van der Waals surface area contributed by atoms with Crippen LogP contribution in [-0.2, 0) is 16.1 Å². The van der Waals surface area contributed by atoms with Gasteiger partial charge in [0.2, 0.25) is 5.91 Å². The maximum Gasteiger partial charge on any atom is 0.261 e. The Morgan fingerprint density at radius 2 is 1.89 bits per heavy atom. The number of ether oxygens (including phenoxy) is 1. The smallest absolute Gasteiger partial charge is 0.261 e. The van der Waals surface area contributed by atoms with Crippen LogP contribution in [0.25, 0.3) is 0 Å². The molecule has 0 heterocycles. The Kier molecular flexibility index (Phi) is 7.88. The second-order valence-corrected chi connectivity index (χ2v) is 7.19. The number of benzene rings is 2. The first-order valence-electron chi connectivity index (χ1n) is 9.33. The second-order valence-electron chi connectivity index (χ2n) is 6.76. The molecule has 0 saturated carbocycles. The van der Waals surface area contributed by atoms with E-state index in [1.54, 1.807) is 19.1 Å². The largest absolute Gasteiger partial charge is 0.484 e. The number of hydrogen-bond acceptors (Lipinski definition) is 3. The molecule has 0 aliphatic carbocycles. The second kappa shape index (κ2) is 10.1. The zero-order chi connectivity index (χ0) is 20.7. The standard InChI is InChI=1S/C22H27ClN2O3/c1-5-24-22(27)17(4)25(13-18-7-6-8-19(23)12-18)21(26)14-28-20-10-9-15(2)16(3)11-20/h6-12,17H,5,13-14H2,1-4H3,(H,24,27)/t17-/m1/s1. The van der Waals surface area contributed by atoms with Gasteiger partial charge in [-0.2, -0.15) is 0 Å². The molecule has 28 heavy (non-hydrogen) atoms. The van der Waals surface area contributed by atoms with Gasteiger partial charge in [0.15, 0.2) is 6.61 Å². The van der Waals surface area contributed by atoms with Gasteiger partial charge in [-0.15, -0.1) is 0 Å². The maximum atomic E-state index is 12.9. The summed E-state index contributed by atoms with van der Waals surface area (Å²) in [6, 6.07) is 12.3. The van der Waals surface area contributed by atoms with Gasteiger partial charge >= 0.3 is 0 Å². The van der Waals surface area contributed by atoms with Crippen molar-refractivity contribution in [1.82, 2.24) is 10.2 Å². The lowest BCUT2D eigenvalue weighted by atomic mass is 10.1. The van der Waals surface area contributed by atoms with Crippen molar-refractivity contribution >= 4 is 23.4 Å². The molecule has 5 nitrogen and oxygen atoms in total. The van der Waals surface area contributed by atoms with Gasteiger partial charge in [-0.05, 0) is 68.7 Å².